The first-order chi connectivity index (χ1) is 6.55. The first kappa shape index (κ1) is 14.5. The van der Waals surface area contributed by atoms with E-state index in [1.807, 2.05) is 0 Å². The van der Waals surface area contributed by atoms with Crippen LogP contribution in [0.3, 0.4) is 0 Å². The Hall–Kier alpha value is -0.460. The molecule has 3 N–H and O–H groups in total. The number of amides is 1. The lowest BCUT2D eigenvalue weighted by molar-refractivity contribution is -0.131. The molecule has 0 aromatic heterocycles. The van der Waals surface area contributed by atoms with Crippen LogP contribution in [0.1, 0.15) is 12.8 Å². The molecule has 1 rings (SSSR count). The molecule has 1 aliphatic rings. The van der Waals surface area contributed by atoms with E-state index in [4.69, 9.17) is 10.5 Å². The van der Waals surface area contributed by atoms with Crippen molar-refractivity contribution in [2.45, 2.75) is 24.9 Å². The van der Waals surface area contributed by atoms with Gasteiger partial charge in [-0.25, -0.2) is 8.78 Å². The molecule has 7 heteroatoms. The van der Waals surface area contributed by atoms with Crippen molar-refractivity contribution in [3.05, 3.63) is 0 Å². The third kappa shape index (κ3) is 4.72. The largest absolute Gasteiger partial charge is 0.368 e. The summed E-state index contributed by atoms with van der Waals surface area (Å²) in [6.45, 7) is -0.966. The van der Waals surface area contributed by atoms with Crippen LogP contribution in [0.2, 0.25) is 0 Å². The van der Waals surface area contributed by atoms with Gasteiger partial charge in [0.25, 0.3) is 5.92 Å². The second kappa shape index (κ2) is 6.19. The lowest BCUT2D eigenvalue weighted by Gasteiger charge is -2.16. The maximum Gasteiger partial charge on any atom is 0.277 e. The monoisotopic (exact) mass is 244 g/mol. The summed E-state index contributed by atoms with van der Waals surface area (Å²) < 4.78 is 30.3. The molecule has 0 radical (unpaired) electrons. The van der Waals surface area contributed by atoms with Gasteiger partial charge in [0.2, 0.25) is 5.91 Å². The van der Waals surface area contributed by atoms with Crippen LogP contribution in [0.4, 0.5) is 8.78 Å². The van der Waals surface area contributed by atoms with E-state index in [0.717, 1.165) is 6.42 Å². The predicted octanol–water partition coefficient (Wildman–Crippen LogP) is 0.297. The quantitative estimate of drug-likeness (QED) is 0.748. The van der Waals surface area contributed by atoms with Gasteiger partial charge in [-0.15, -0.1) is 12.4 Å². The number of carbonyl (C=O) groups excluding carboxylic acids is 1. The highest BCUT2D eigenvalue weighted by Crippen LogP contribution is 2.13. The topological polar surface area (TPSA) is 64.3 Å². The van der Waals surface area contributed by atoms with Crippen LogP contribution in [-0.2, 0) is 9.53 Å². The van der Waals surface area contributed by atoms with Gasteiger partial charge in [-0.2, -0.15) is 0 Å². The van der Waals surface area contributed by atoms with E-state index in [9.17, 15) is 13.6 Å². The van der Waals surface area contributed by atoms with E-state index in [0.29, 0.717) is 13.0 Å². The lowest BCUT2D eigenvalue weighted by atomic mass is 10.2. The number of carbonyl (C=O) groups is 1. The summed E-state index contributed by atoms with van der Waals surface area (Å²) in [5.41, 5.74) is 4.81. The summed E-state index contributed by atoms with van der Waals surface area (Å²) in [4.78, 5) is 11.2. The van der Waals surface area contributed by atoms with Gasteiger partial charge < -0.3 is 15.8 Å². The van der Waals surface area contributed by atoms with Crippen LogP contribution in [0.5, 0.6) is 0 Å². The minimum atomic E-state index is -3.03. The average Bonchev–Trinajstić information content (AvgIpc) is 2.67. The van der Waals surface area contributed by atoms with E-state index in [2.05, 4.69) is 5.32 Å². The molecule has 1 saturated heterocycles. The SMILES string of the molecule is Cl.NCC(F)(F)CNC(=O)[C@H]1CCCO1. The van der Waals surface area contributed by atoms with Gasteiger partial charge >= 0.3 is 0 Å². The van der Waals surface area contributed by atoms with Crippen molar-refractivity contribution in [3.63, 3.8) is 0 Å². The number of hydrogen-bond donors (Lipinski definition) is 2. The van der Waals surface area contributed by atoms with Crippen molar-refractivity contribution in [1.29, 1.82) is 0 Å². The molecule has 0 saturated carbocycles. The third-order valence-electron chi connectivity index (χ3n) is 2.04. The highest BCUT2D eigenvalue weighted by Gasteiger charge is 2.30. The van der Waals surface area contributed by atoms with Crippen molar-refractivity contribution in [1.82, 2.24) is 5.32 Å². The zero-order chi connectivity index (χ0) is 10.6. The van der Waals surface area contributed by atoms with Crippen LogP contribution < -0.4 is 11.1 Å². The summed E-state index contributed by atoms with van der Waals surface area (Å²) in [5, 5.41) is 2.12. The summed E-state index contributed by atoms with van der Waals surface area (Å²) >= 11 is 0. The lowest BCUT2D eigenvalue weighted by Crippen LogP contribution is -2.44. The second-order valence-corrected chi connectivity index (χ2v) is 3.28. The van der Waals surface area contributed by atoms with Crippen LogP contribution in [0.15, 0.2) is 0 Å². The summed E-state index contributed by atoms with van der Waals surface area (Å²) in [6.07, 6.45) is 0.828. The first-order valence-corrected chi connectivity index (χ1v) is 4.52. The molecular formula is C8H15ClF2N2O2. The van der Waals surface area contributed by atoms with Crippen LogP contribution >= 0.6 is 12.4 Å². The number of nitrogens with one attached hydrogen (secondary N) is 1. The van der Waals surface area contributed by atoms with Gasteiger partial charge in [-0.1, -0.05) is 0 Å². The molecule has 0 spiro atoms. The van der Waals surface area contributed by atoms with Crippen molar-refractivity contribution in [2.75, 3.05) is 19.7 Å². The zero-order valence-electron chi connectivity index (χ0n) is 8.17. The average molecular weight is 245 g/mol. The van der Waals surface area contributed by atoms with Crippen molar-refractivity contribution < 1.29 is 18.3 Å². The Morgan fingerprint density at radius 2 is 2.27 bits per heavy atom. The van der Waals surface area contributed by atoms with Gasteiger partial charge in [-0.05, 0) is 12.8 Å². The zero-order valence-corrected chi connectivity index (χ0v) is 8.99. The number of ether oxygens (including phenoxy) is 1. The summed E-state index contributed by atoms with van der Waals surface area (Å²) in [7, 11) is 0. The minimum absolute atomic E-state index is 0. The van der Waals surface area contributed by atoms with Crippen LogP contribution in [0.25, 0.3) is 0 Å². The number of alkyl halides is 2. The number of rotatable bonds is 4. The molecule has 15 heavy (non-hydrogen) atoms. The van der Waals surface area contributed by atoms with E-state index in [1.165, 1.54) is 0 Å². The smallest absolute Gasteiger partial charge is 0.277 e. The highest BCUT2D eigenvalue weighted by molar-refractivity contribution is 5.85. The van der Waals surface area contributed by atoms with E-state index < -0.39 is 31.0 Å². The molecule has 1 heterocycles. The Morgan fingerprint density at radius 1 is 1.60 bits per heavy atom. The third-order valence-corrected chi connectivity index (χ3v) is 2.04. The van der Waals surface area contributed by atoms with Crippen molar-refractivity contribution in [2.24, 2.45) is 5.73 Å². The van der Waals surface area contributed by atoms with Crippen molar-refractivity contribution >= 4 is 18.3 Å². The number of halogens is 3. The summed E-state index contributed by atoms with van der Waals surface area (Å²) in [6, 6.07) is 0. The van der Waals surface area contributed by atoms with Gasteiger partial charge in [0.15, 0.2) is 0 Å². The molecule has 4 nitrogen and oxygen atoms in total. The molecule has 0 aromatic carbocycles. The molecule has 1 fully saturated rings. The molecule has 0 unspecified atom stereocenters. The van der Waals surface area contributed by atoms with Crippen LogP contribution in [0, 0.1) is 0 Å². The summed E-state index contributed by atoms with van der Waals surface area (Å²) in [5.74, 6) is -3.51. The second-order valence-electron chi connectivity index (χ2n) is 3.28. The molecule has 1 amide bonds. The molecule has 0 bridgehead atoms. The fraction of sp³-hybridized carbons (Fsp3) is 0.875. The molecule has 1 aliphatic heterocycles. The molecule has 90 valence electrons. The Morgan fingerprint density at radius 3 is 2.73 bits per heavy atom. The Kier molecular flexibility index (Phi) is 6.00. The number of nitrogens with two attached hydrogens (primary N) is 1. The van der Waals surface area contributed by atoms with Gasteiger partial charge in [0.1, 0.15) is 6.10 Å². The Labute approximate surface area is 92.9 Å². The molecule has 1 atom stereocenters. The first-order valence-electron chi connectivity index (χ1n) is 4.52. The Bertz CT molecular complexity index is 211. The highest BCUT2D eigenvalue weighted by atomic mass is 35.5. The normalized spacial score (nSPS) is 20.9. The Balaban J connectivity index is 0.00000196. The van der Waals surface area contributed by atoms with E-state index >= 15 is 0 Å². The maximum atomic E-state index is 12.6. The predicted molar refractivity (Wildman–Crippen MR) is 53.2 cm³/mol. The fourth-order valence-electron chi connectivity index (χ4n) is 1.19. The molecule has 0 aromatic rings. The van der Waals surface area contributed by atoms with E-state index in [1.54, 1.807) is 0 Å². The minimum Gasteiger partial charge on any atom is -0.368 e. The van der Waals surface area contributed by atoms with Crippen molar-refractivity contribution in [3.8, 4) is 0 Å². The molecule has 0 aliphatic carbocycles. The van der Waals surface area contributed by atoms with Gasteiger partial charge in [-0.3, -0.25) is 4.79 Å². The van der Waals surface area contributed by atoms with Crippen LogP contribution in [-0.4, -0.2) is 37.6 Å². The maximum absolute atomic E-state index is 12.6. The molecular weight excluding hydrogens is 230 g/mol. The fourth-order valence-corrected chi connectivity index (χ4v) is 1.19. The van der Waals surface area contributed by atoms with E-state index in [-0.39, 0.29) is 12.4 Å². The van der Waals surface area contributed by atoms with Gasteiger partial charge in [0, 0.05) is 6.61 Å². The number of hydrogen-bond acceptors (Lipinski definition) is 3. The standard InChI is InChI=1S/C8H14F2N2O2.ClH/c9-8(10,4-11)5-12-7(13)6-2-1-3-14-6;/h6H,1-5,11H2,(H,12,13);1H/t6-;/m1./s1. The van der Waals surface area contributed by atoms with Gasteiger partial charge in [0.05, 0.1) is 13.1 Å².